The van der Waals surface area contributed by atoms with Gasteiger partial charge in [-0.05, 0) is 52.8 Å². The van der Waals surface area contributed by atoms with E-state index in [1.165, 1.54) is 12.0 Å². The molecule has 106 valence electrons. The Morgan fingerprint density at radius 1 is 1.60 bits per heavy atom. The third-order valence-corrected chi connectivity index (χ3v) is 4.71. The molecule has 2 atom stereocenters. The van der Waals surface area contributed by atoms with Gasteiger partial charge in [-0.15, -0.1) is 0 Å². The summed E-state index contributed by atoms with van der Waals surface area (Å²) in [6.45, 7) is 0.115. The van der Waals surface area contributed by atoms with Gasteiger partial charge in [0, 0.05) is 21.1 Å². The van der Waals surface area contributed by atoms with E-state index in [1.54, 1.807) is 6.07 Å². The second kappa shape index (κ2) is 4.68. The number of alkyl halides is 1. The Balaban J connectivity index is 2.01. The summed E-state index contributed by atoms with van der Waals surface area (Å²) >= 11 is 2.15. The SMILES string of the molecule is COC(=O)CN1C[C@@]2(CC2F)c2cc(I)ccc2C1=O. The van der Waals surface area contributed by atoms with Gasteiger partial charge in [-0.2, -0.15) is 0 Å². The maximum absolute atomic E-state index is 13.9. The van der Waals surface area contributed by atoms with Crippen molar-refractivity contribution in [2.24, 2.45) is 0 Å². The number of hydrogen-bond donors (Lipinski definition) is 0. The van der Waals surface area contributed by atoms with Crippen LogP contribution in [0.25, 0.3) is 0 Å². The largest absolute Gasteiger partial charge is 0.468 e. The lowest BCUT2D eigenvalue weighted by atomic mass is 9.86. The fourth-order valence-electron chi connectivity index (χ4n) is 2.83. The van der Waals surface area contributed by atoms with Crippen LogP contribution in [0.1, 0.15) is 22.3 Å². The minimum absolute atomic E-state index is 0.130. The molecule has 1 fully saturated rings. The molecule has 20 heavy (non-hydrogen) atoms. The Hall–Kier alpha value is -1.18. The molecular weight excluding hydrogens is 376 g/mol. The number of esters is 1. The third kappa shape index (κ3) is 2.01. The molecule has 4 nitrogen and oxygen atoms in total. The highest BCUT2D eigenvalue weighted by molar-refractivity contribution is 14.1. The molecule has 3 rings (SSSR count). The quantitative estimate of drug-likeness (QED) is 0.574. The van der Waals surface area contributed by atoms with Gasteiger partial charge >= 0.3 is 5.97 Å². The van der Waals surface area contributed by atoms with Gasteiger partial charge in [0.2, 0.25) is 0 Å². The molecule has 2 aliphatic rings. The van der Waals surface area contributed by atoms with E-state index in [0.29, 0.717) is 12.0 Å². The number of hydrogen-bond acceptors (Lipinski definition) is 3. The summed E-state index contributed by atoms with van der Waals surface area (Å²) in [5, 5.41) is 0. The minimum atomic E-state index is -0.951. The molecule has 0 aromatic heterocycles. The molecule has 0 bridgehead atoms. The number of nitrogens with zero attached hydrogens (tertiary/aromatic N) is 1. The summed E-state index contributed by atoms with van der Waals surface area (Å²) in [5.74, 6) is -0.718. The zero-order valence-electron chi connectivity index (χ0n) is 10.9. The van der Waals surface area contributed by atoms with Gasteiger partial charge in [-0.3, -0.25) is 9.59 Å². The van der Waals surface area contributed by atoms with E-state index in [1.807, 2.05) is 12.1 Å². The third-order valence-electron chi connectivity index (χ3n) is 4.04. The number of fused-ring (bicyclic) bond motifs is 2. The van der Waals surface area contributed by atoms with Crippen LogP contribution < -0.4 is 0 Å². The van der Waals surface area contributed by atoms with E-state index in [0.717, 1.165) is 9.13 Å². The van der Waals surface area contributed by atoms with Crippen molar-refractivity contribution in [3.63, 3.8) is 0 Å². The van der Waals surface area contributed by atoms with E-state index < -0.39 is 17.6 Å². The van der Waals surface area contributed by atoms with Crippen LogP contribution in [0.5, 0.6) is 0 Å². The average Bonchev–Trinajstić information content (AvgIpc) is 3.06. The molecule has 1 unspecified atom stereocenters. The van der Waals surface area contributed by atoms with Gasteiger partial charge in [0.25, 0.3) is 5.91 Å². The number of amides is 1. The molecule has 0 saturated heterocycles. The van der Waals surface area contributed by atoms with Crippen LogP contribution in [-0.4, -0.2) is 43.1 Å². The van der Waals surface area contributed by atoms with Gasteiger partial charge in [0.1, 0.15) is 12.7 Å². The highest BCUT2D eigenvalue weighted by Gasteiger charge is 2.61. The number of carbonyl (C=O) groups is 2. The molecule has 0 N–H and O–H groups in total. The first-order chi connectivity index (χ1) is 9.48. The fraction of sp³-hybridized carbons (Fsp3) is 0.429. The van der Waals surface area contributed by atoms with E-state index in [-0.39, 0.29) is 19.0 Å². The van der Waals surface area contributed by atoms with E-state index >= 15 is 0 Å². The minimum Gasteiger partial charge on any atom is -0.468 e. The van der Waals surface area contributed by atoms with Crippen molar-refractivity contribution < 1.29 is 18.7 Å². The Morgan fingerprint density at radius 2 is 2.30 bits per heavy atom. The van der Waals surface area contributed by atoms with E-state index in [9.17, 15) is 14.0 Å². The number of ether oxygens (including phenoxy) is 1. The molecule has 1 aromatic rings. The molecule has 1 aliphatic carbocycles. The Kier molecular flexibility index (Phi) is 3.23. The molecule has 0 radical (unpaired) electrons. The predicted octanol–water partition coefficient (Wildman–Crippen LogP) is 1.90. The molecular formula is C14H13FINO3. The number of methoxy groups -OCH3 is 1. The number of rotatable bonds is 2. The van der Waals surface area contributed by atoms with Crippen LogP contribution in [0.4, 0.5) is 4.39 Å². The second-order valence-corrected chi connectivity index (χ2v) is 6.50. The van der Waals surface area contributed by atoms with Crippen LogP contribution in [0.2, 0.25) is 0 Å². The van der Waals surface area contributed by atoms with E-state index in [4.69, 9.17) is 0 Å². The normalized spacial score (nSPS) is 27.4. The summed E-state index contributed by atoms with van der Waals surface area (Å²) in [7, 11) is 1.28. The van der Waals surface area contributed by atoms with Gasteiger partial charge in [-0.25, -0.2) is 4.39 Å². The summed E-state index contributed by atoms with van der Waals surface area (Å²) in [6, 6.07) is 5.42. The first-order valence-corrected chi connectivity index (χ1v) is 7.36. The average molecular weight is 389 g/mol. The number of halogens is 2. The summed E-state index contributed by atoms with van der Waals surface area (Å²) < 4.78 is 19.5. The zero-order chi connectivity index (χ0) is 14.5. The van der Waals surface area contributed by atoms with Gasteiger partial charge in [0.05, 0.1) is 7.11 Å². The predicted molar refractivity (Wildman–Crippen MR) is 78.3 cm³/mol. The second-order valence-electron chi connectivity index (χ2n) is 5.26. The van der Waals surface area contributed by atoms with Gasteiger partial charge < -0.3 is 9.64 Å². The lowest BCUT2D eigenvalue weighted by Crippen LogP contribution is -2.46. The lowest BCUT2D eigenvalue weighted by Gasteiger charge is -2.34. The lowest BCUT2D eigenvalue weighted by molar-refractivity contribution is -0.141. The fourth-order valence-corrected chi connectivity index (χ4v) is 3.33. The van der Waals surface area contributed by atoms with Crippen molar-refractivity contribution in [1.82, 2.24) is 4.90 Å². The first-order valence-electron chi connectivity index (χ1n) is 6.28. The molecule has 1 aromatic carbocycles. The maximum Gasteiger partial charge on any atom is 0.325 e. The molecule has 1 saturated carbocycles. The van der Waals surface area contributed by atoms with Crippen LogP contribution in [0.3, 0.4) is 0 Å². The van der Waals surface area contributed by atoms with E-state index in [2.05, 4.69) is 27.3 Å². The zero-order valence-corrected chi connectivity index (χ0v) is 13.0. The Morgan fingerprint density at radius 3 is 2.90 bits per heavy atom. The number of carbonyl (C=O) groups excluding carboxylic acids is 2. The highest BCUT2D eigenvalue weighted by Crippen LogP contribution is 2.54. The monoisotopic (exact) mass is 389 g/mol. The highest BCUT2D eigenvalue weighted by atomic mass is 127. The number of benzene rings is 1. The topological polar surface area (TPSA) is 46.6 Å². The van der Waals surface area contributed by atoms with Crippen molar-refractivity contribution in [1.29, 1.82) is 0 Å². The van der Waals surface area contributed by atoms with Crippen LogP contribution in [0.15, 0.2) is 18.2 Å². The van der Waals surface area contributed by atoms with Crippen molar-refractivity contribution in [2.75, 3.05) is 20.2 Å². The summed E-state index contributed by atoms with van der Waals surface area (Å²) in [6.07, 6.45) is -0.543. The molecule has 1 amide bonds. The standard InChI is InChI=1S/C14H13FINO3/c1-20-12(18)6-17-7-14(5-11(14)15)10-4-8(16)2-3-9(10)13(17)19/h2-4,11H,5-7H2,1H3/t11?,14-/m0/s1. The summed E-state index contributed by atoms with van der Waals surface area (Å²) in [5.41, 5.74) is 0.655. The molecule has 1 spiro atoms. The molecule has 1 aliphatic heterocycles. The van der Waals surface area contributed by atoms with Crippen LogP contribution in [0, 0.1) is 3.57 Å². The van der Waals surface area contributed by atoms with Crippen molar-refractivity contribution in [2.45, 2.75) is 18.0 Å². The smallest absolute Gasteiger partial charge is 0.325 e. The molecule has 6 heteroatoms. The summed E-state index contributed by atoms with van der Waals surface area (Å²) in [4.78, 5) is 25.2. The Labute approximate surface area is 129 Å². The van der Waals surface area contributed by atoms with Crippen molar-refractivity contribution >= 4 is 34.5 Å². The van der Waals surface area contributed by atoms with Crippen molar-refractivity contribution in [3.8, 4) is 0 Å². The van der Waals surface area contributed by atoms with Gasteiger partial charge in [-0.1, -0.05) is 0 Å². The van der Waals surface area contributed by atoms with Crippen LogP contribution >= 0.6 is 22.6 Å². The van der Waals surface area contributed by atoms with Gasteiger partial charge in [0.15, 0.2) is 0 Å². The molecule has 1 heterocycles. The maximum atomic E-state index is 13.9. The first kappa shape index (κ1) is 13.8. The van der Waals surface area contributed by atoms with Crippen LogP contribution in [-0.2, 0) is 14.9 Å². The Bertz CT molecular complexity index is 606. The van der Waals surface area contributed by atoms with Crippen molar-refractivity contribution in [3.05, 3.63) is 32.9 Å².